The summed E-state index contributed by atoms with van der Waals surface area (Å²) in [5.41, 5.74) is -2.65. The summed E-state index contributed by atoms with van der Waals surface area (Å²) in [6.45, 7) is 0.473. The fourth-order valence-corrected chi connectivity index (χ4v) is 2.17. The van der Waals surface area contributed by atoms with Crippen LogP contribution in [-0.2, 0) is 6.54 Å². The molecule has 0 heterocycles. The molecule has 106 valence electrons. The molecule has 0 amide bonds. The Morgan fingerprint density at radius 2 is 1.75 bits per heavy atom. The third-order valence-corrected chi connectivity index (χ3v) is 3.24. The Kier molecular flexibility index (Phi) is 4.44. The van der Waals surface area contributed by atoms with E-state index < -0.39 is 5.51 Å². The van der Waals surface area contributed by atoms with E-state index in [0.717, 1.165) is 11.3 Å². The summed E-state index contributed by atoms with van der Waals surface area (Å²) in [5.74, 6) is 0.159. The van der Waals surface area contributed by atoms with E-state index in [0.29, 0.717) is 6.54 Å². The van der Waals surface area contributed by atoms with Gasteiger partial charge in [-0.05, 0) is 41.6 Å². The fourth-order valence-electron chi connectivity index (χ4n) is 1.63. The number of aromatic hydroxyl groups is 1. The molecular formula is C14H12F3NOS. The Labute approximate surface area is 118 Å². The minimum absolute atomic E-state index is 0.128. The lowest BCUT2D eigenvalue weighted by Crippen LogP contribution is -2.00. The molecule has 0 aliphatic rings. The molecule has 2 rings (SSSR count). The van der Waals surface area contributed by atoms with Crippen LogP contribution in [0.15, 0.2) is 53.4 Å². The van der Waals surface area contributed by atoms with Gasteiger partial charge in [0.05, 0.1) is 0 Å². The van der Waals surface area contributed by atoms with Gasteiger partial charge in [-0.1, -0.05) is 18.2 Å². The zero-order valence-electron chi connectivity index (χ0n) is 10.3. The number of benzene rings is 2. The van der Waals surface area contributed by atoms with Crippen LogP contribution in [-0.4, -0.2) is 10.6 Å². The van der Waals surface area contributed by atoms with Gasteiger partial charge < -0.3 is 10.4 Å². The zero-order valence-corrected chi connectivity index (χ0v) is 11.1. The first-order valence-electron chi connectivity index (χ1n) is 5.80. The minimum atomic E-state index is -4.26. The smallest absolute Gasteiger partial charge is 0.446 e. The lowest BCUT2D eigenvalue weighted by molar-refractivity contribution is -0.0328. The maximum absolute atomic E-state index is 12.2. The van der Waals surface area contributed by atoms with Crippen LogP contribution in [0.3, 0.4) is 0 Å². The fraction of sp³-hybridized carbons (Fsp3) is 0.143. The van der Waals surface area contributed by atoms with Gasteiger partial charge in [-0.3, -0.25) is 0 Å². The van der Waals surface area contributed by atoms with Gasteiger partial charge in [-0.15, -0.1) is 0 Å². The van der Waals surface area contributed by atoms with Crippen molar-refractivity contribution in [2.45, 2.75) is 16.9 Å². The van der Waals surface area contributed by atoms with E-state index >= 15 is 0 Å². The van der Waals surface area contributed by atoms with Crippen LogP contribution in [0.5, 0.6) is 5.75 Å². The molecule has 0 spiro atoms. The van der Waals surface area contributed by atoms with Gasteiger partial charge in [0, 0.05) is 23.2 Å². The largest absolute Gasteiger partial charge is 0.508 e. The molecule has 0 saturated heterocycles. The number of halogens is 3. The molecule has 6 heteroatoms. The first kappa shape index (κ1) is 14.6. The molecule has 2 nitrogen and oxygen atoms in total. The maximum Gasteiger partial charge on any atom is 0.446 e. The molecule has 0 radical (unpaired) electrons. The van der Waals surface area contributed by atoms with Crippen LogP contribution >= 0.6 is 11.8 Å². The van der Waals surface area contributed by atoms with Gasteiger partial charge in [-0.25, -0.2) is 0 Å². The highest BCUT2D eigenvalue weighted by Crippen LogP contribution is 2.36. The number of alkyl halides is 3. The van der Waals surface area contributed by atoms with Gasteiger partial charge in [0.15, 0.2) is 0 Å². The van der Waals surface area contributed by atoms with Gasteiger partial charge in [0.1, 0.15) is 5.75 Å². The first-order valence-corrected chi connectivity index (χ1v) is 6.62. The lowest BCUT2D eigenvalue weighted by Gasteiger charge is -2.08. The predicted octanol–water partition coefficient (Wildman–Crippen LogP) is 4.62. The van der Waals surface area contributed by atoms with Crippen molar-refractivity contribution in [2.24, 2.45) is 0 Å². The molecule has 2 aromatic carbocycles. The highest BCUT2D eigenvalue weighted by molar-refractivity contribution is 8.00. The summed E-state index contributed by atoms with van der Waals surface area (Å²) in [5, 5.41) is 12.4. The quantitative estimate of drug-likeness (QED) is 0.808. The summed E-state index contributed by atoms with van der Waals surface area (Å²) in [7, 11) is 0. The van der Waals surface area contributed by atoms with Crippen LogP contribution in [0.4, 0.5) is 18.9 Å². The van der Waals surface area contributed by atoms with Crippen LogP contribution < -0.4 is 5.32 Å². The maximum atomic E-state index is 12.2. The summed E-state index contributed by atoms with van der Waals surface area (Å²) >= 11 is -0.128. The molecule has 0 fully saturated rings. The summed E-state index contributed by atoms with van der Waals surface area (Å²) < 4.78 is 36.5. The summed E-state index contributed by atoms with van der Waals surface area (Å²) in [6, 6.07) is 12.8. The van der Waals surface area contributed by atoms with Crippen LogP contribution in [0.1, 0.15) is 5.56 Å². The second-order valence-electron chi connectivity index (χ2n) is 4.10. The van der Waals surface area contributed by atoms with Crippen LogP contribution in [0, 0.1) is 0 Å². The number of hydrogen-bond donors (Lipinski definition) is 2. The Morgan fingerprint density at radius 1 is 1.05 bits per heavy atom. The Balaban J connectivity index is 1.94. The number of phenols is 1. The average molecular weight is 299 g/mol. The lowest BCUT2D eigenvalue weighted by atomic mass is 10.2. The van der Waals surface area contributed by atoms with E-state index in [-0.39, 0.29) is 22.4 Å². The average Bonchev–Trinajstić information content (AvgIpc) is 2.36. The standard InChI is InChI=1S/C14H12F3NOS/c15-14(16,17)20-13-6-4-10(5-7-13)9-18-11-2-1-3-12(19)8-11/h1-8,18-19H,9H2. The molecule has 0 atom stereocenters. The molecule has 20 heavy (non-hydrogen) atoms. The van der Waals surface area contributed by atoms with Gasteiger partial charge in [0.2, 0.25) is 0 Å². The minimum Gasteiger partial charge on any atom is -0.508 e. The molecule has 2 N–H and O–H groups in total. The van der Waals surface area contributed by atoms with E-state index in [1.54, 1.807) is 36.4 Å². The van der Waals surface area contributed by atoms with Gasteiger partial charge in [0.25, 0.3) is 0 Å². The zero-order chi connectivity index (χ0) is 14.6. The topological polar surface area (TPSA) is 32.3 Å². The molecule has 0 aliphatic carbocycles. The van der Waals surface area contributed by atoms with Crippen molar-refractivity contribution in [3.63, 3.8) is 0 Å². The van der Waals surface area contributed by atoms with Gasteiger partial charge >= 0.3 is 5.51 Å². The Morgan fingerprint density at radius 3 is 2.35 bits per heavy atom. The summed E-state index contributed by atoms with van der Waals surface area (Å²) in [6.07, 6.45) is 0. The van der Waals surface area contributed by atoms with Crippen molar-refractivity contribution in [2.75, 3.05) is 5.32 Å². The molecule has 0 aliphatic heterocycles. The Hall–Kier alpha value is -1.82. The monoisotopic (exact) mass is 299 g/mol. The first-order chi connectivity index (χ1) is 9.42. The second kappa shape index (κ2) is 6.09. The van der Waals surface area contributed by atoms with E-state index in [1.807, 2.05) is 0 Å². The van der Waals surface area contributed by atoms with Crippen molar-refractivity contribution < 1.29 is 18.3 Å². The predicted molar refractivity (Wildman–Crippen MR) is 73.8 cm³/mol. The van der Waals surface area contributed by atoms with E-state index in [9.17, 15) is 18.3 Å². The third kappa shape index (κ3) is 4.70. The van der Waals surface area contributed by atoms with Crippen LogP contribution in [0.2, 0.25) is 0 Å². The molecule has 0 aromatic heterocycles. The number of phenolic OH excluding ortho intramolecular Hbond substituents is 1. The summed E-state index contributed by atoms with van der Waals surface area (Å²) in [4.78, 5) is 0.165. The normalized spacial score (nSPS) is 11.3. The number of thioether (sulfide) groups is 1. The molecule has 0 bridgehead atoms. The van der Waals surface area contributed by atoms with Crippen molar-refractivity contribution in [1.29, 1.82) is 0 Å². The van der Waals surface area contributed by atoms with Crippen molar-refractivity contribution in [3.8, 4) is 5.75 Å². The molecule has 2 aromatic rings. The van der Waals surface area contributed by atoms with Crippen molar-refractivity contribution in [3.05, 3.63) is 54.1 Å². The second-order valence-corrected chi connectivity index (χ2v) is 5.23. The SMILES string of the molecule is Oc1cccc(NCc2ccc(SC(F)(F)F)cc2)c1. The van der Waals surface area contributed by atoms with E-state index in [1.165, 1.54) is 12.1 Å². The highest BCUT2D eigenvalue weighted by Gasteiger charge is 2.28. The molecular weight excluding hydrogens is 287 g/mol. The number of hydrogen-bond acceptors (Lipinski definition) is 3. The number of anilines is 1. The highest BCUT2D eigenvalue weighted by atomic mass is 32.2. The van der Waals surface area contributed by atoms with E-state index in [2.05, 4.69) is 5.32 Å². The third-order valence-electron chi connectivity index (χ3n) is 2.50. The van der Waals surface area contributed by atoms with Crippen molar-refractivity contribution >= 4 is 17.4 Å². The number of nitrogens with one attached hydrogen (secondary N) is 1. The van der Waals surface area contributed by atoms with Gasteiger partial charge in [-0.2, -0.15) is 13.2 Å². The van der Waals surface area contributed by atoms with Crippen LogP contribution in [0.25, 0.3) is 0 Å². The number of rotatable bonds is 4. The van der Waals surface area contributed by atoms with Crippen molar-refractivity contribution in [1.82, 2.24) is 0 Å². The molecule has 0 saturated carbocycles. The Bertz CT molecular complexity index is 569. The molecule has 0 unspecified atom stereocenters. The van der Waals surface area contributed by atoms with E-state index in [4.69, 9.17) is 0 Å².